The molecule has 0 atom stereocenters. The molecular weight excluding hydrogens is 300 g/mol. The Balaban J connectivity index is 1.63. The number of carbonyl (C=O) groups is 1. The Bertz CT molecular complexity index is 581. The van der Waals surface area contributed by atoms with E-state index < -0.39 is 5.41 Å². The van der Waals surface area contributed by atoms with Crippen LogP contribution >= 0.6 is 11.6 Å². The first-order chi connectivity index (χ1) is 10.6. The van der Waals surface area contributed by atoms with E-state index in [0.29, 0.717) is 31.0 Å². The van der Waals surface area contributed by atoms with Crippen molar-refractivity contribution in [3.8, 4) is 6.07 Å². The minimum atomic E-state index is -0.763. The van der Waals surface area contributed by atoms with Crippen LogP contribution in [0.5, 0.6) is 0 Å². The Hall–Kier alpha value is -1.80. The van der Waals surface area contributed by atoms with Gasteiger partial charge in [-0.2, -0.15) is 5.26 Å². The fourth-order valence-electron chi connectivity index (χ4n) is 3.35. The minimum absolute atomic E-state index is 0.0243. The number of rotatable bonds is 2. The van der Waals surface area contributed by atoms with Gasteiger partial charge in [0.15, 0.2) is 0 Å². The van der Waals surface area contributed by atoms with Crippen molar-refractivity contribution < 1.29 is 4.79 Å². The summed E-state index contributed by atoms with van der Waals surface area (Å²) in [6.45, 7) is 2.77. The zero-order chi connectivity index (χ0) is 15.6. The monoisotopic (exact) mass is 318 g/mol. The highest BCUT2D eigenvalue weighted by atomic mass is 35.5. The highest BCUT2D eigenvalue weighted by Crippen LogP contribution is 2.39. The van der Waals surface area contributed by atoms with E-state index in [9.17, 15) is 10.1 Å². The average Bonchev–Trinajstić information content (AvgIpc) is 3.05. The normalized spacial score (nSPS) is 20.7. The highest BCUT2D eigenvalue weighted by molar-refractivity contribution is 6.30. The maximum atomic E-state index is 12.7. The van der Waals surface area contributed by atoms with E-state index in [1.54, 1.807) is 6.20 Å². The molecule has 2 fully saturated rings. The van der Waals surface area contributed by atoms with Crippen molar-refractivity contribution in [2.75, 3.05) is 31.1 Å². The lowest BCUT2D eigenvalue weighted by Gasteiger charge is -2.38. The smallest absolute Gasteiger partial charge is 0.243 e. The second kappa shape index (κ2) is 6.13. The Labute approximate surface area is 135 Å². The molecule has 6 heteroatoms. The third-order valence-corrected chi connectivity index (χ3v) is 4.91. The van der Waals surface area contributed by atoms with Crippen LogP contribution in [-0.2, 0) is 4.79 Å². The summed E-state index contributed by atoms with van der Waals surface area (Å²) in [6.07, 6.45) is 5.02. The quantitative estimate of drug-likeness (QED) is 0.840. The average molecular weight is 319 g/mol. The molecule has 1 saturated heterocycles. The predicted octanol–water partition coefficient (Wildman–Crippen LogP) is 2.47. The molecule has 1 amide bonds. The van der Waals surface area contributed by atoms with Crippen molar-refractivity contribution in [3.05, 3.63) is 23.4 Å². The van der Waals surface area contributed by atoms with Gasteiger partial charge >= 0.3 is 0 Å². The molecule has 2 heterocycles. The van der Waals surface area contributed by atoms with E-state index in [1.165, 1.54) is 0 Å². The van der Waals surface area contributed by atoms with E-state index >= 15 is 0 Å². The summed E-state index contributed by atoms with van der Waals surface area (Å²) in [5, 5.41) is 10.1. The fourth-order valence-corrected chi connectivity index (χ4v) is 3.46. The van der Waals surface area contributed by atoms with Crippen molar-refractivity contribution in [2.24, 2.45) is 5.41 Å². The maximum Gasteiger partial charge on any atom is 0.243 e. The largest absolute Gasteiger partial charge is 0.353 e. The Kier molecular flexibility index (Phi) is 4.21. The first-order valence-electron chi connectivity index (χ1n) is 7.72. The number of nitriles is 1. The van der Waals surface area contributed by atoms with E-state index in [4.69, 9.17) is 11.6 Å². The van der Waals surface area contributed by atoms with Gasteiger partial charge in [-0.1, -0.05) is 24.4 Å². The van der Waals surface area contributed by atoms with Gasteiger partial charge in [0.1, 0.15) is 11.2 Å². The number of carbonyl (C=O) groups excluding carboxylic acids is 1. The van der Waals surface area contributed by atoms with Crippen LogP contribution in [0, 0.1) is 16.7 Å². The standard InChI is InChI=1S/C16H19ClN4O/c17-13-3-4-14(19-11-13)20-7-9-21(10-8-20)15(22)16(12-18)5-1-2-6-16/h3-4,11H,1-2,5-10H2. The lowest BCUT2D eigenvalue weighted by molar-refractivity contribution is -0.139. The van der Waals surface area contributed by atoms with Crippen LogP contribution in [0.15, 0.2) is 18.3 Å². The van der Waals surface area contributed by atoms with Crippen molar-refractivity contribution in [1.82, 2.24) is 9.88 Å². The lowest BCUT2D eigenvalue weighted by atomic mass is 9.86. The minimum Gasteiger partial charge on any atom is -0.353 e. The molecule has 5 nitrogen and oxygen atoms in total. The summed E-state index contributed by atoms with van der Waals surface area (Å²) in [4.78, 5) is 21.0. The molecule has 0 unspecified atom stereocenters. The number of hydrogen-bond donors (Lipinski definition) is 0. The van der Waals surface area contributed by atoms with E-state index in [-0.39, 0.29) is 5.91 Å². The third kappa shape index (κ3) is 2.76. The molecule has 0 bridgehead atoms. The van der Waals surface area contributed by atoms with Crippen molar-refractivity contribution in [2.45, 2.75) is 25.7 Å². The summed E-state index contributed by atoms with van der Waals surface area (Å²) >= 11 is 5.85. The second-order valence-corrected chi connectivity index (χ2v) is 6.45. The molecule has 0 N–H and O–H groups in total. The number of pyridine rings is 1. The third-order valence-electron chi connectivity index (χ3n) is 4.68. The van der Waals surface area contributed by atoms with E-state index in [2.05, 4.69) is 16.0 Å². The van der Waals surface area contributed by atoms with E-state index in [0.717, 1.165) is 31.7 Å². The molecule has 1 aromatic heterocycles. The van der Waals surface area contributed by atoms with Crippen LogP contribution in [0.25, 0.3) is 0 Å². The highest BCUT2D eigenvalue weighted by Gasteiger charge is 2.44. The summed E-state index contributed by atoms with van der Waals surface area (Å²) in [5.74, 6) is 0.906. The molecule has 1 aliphatic heterocycles. The van der Waals surface area contributed by atoms with Gasteiger partial charge in [-0.25, -0.2) is 4.98 Å². The van der Waals surface area contributed by atoms with Gasteiger partial charge in [0.25, 0.3) is 0 Å². The van der Waals surface area contributed by atoms with Gasteiger partial charge in [-0.3, -0.25) is 4.79 Å². The SMILES string of the molecule is N#CC1(C(=O)N2CCN(c3ccc(Cl)cn3)CC2)CCCC1. The predicted molar refractivity (Wildman–Crippen MR) is 84.6 cm³/mol. The molecule has 1 aliphatic carbocycles. The second-order valence-electron chi connectivity index (χ2n) is 6.01. The summed E-state index contributed by atoms with van der Waals surface area (Å²) in [7, 11) is 0. The molecule has 0 spiro atoms. The molecule has 1 saturated carbocycles. The van der Waals surface area contributed by atoms with Crippen molar-refractivity contribution in [1.29, 1.82) is 5.26 Å². The maximum absolute atomic E-state index is 12.7. The van der Waals surface area contributed by atoms with Crippen LogP contribution in [0.1, 0.15) is 25.7 Å². The van der Waals surface area contributed by atoms with Crippen molar-refractivity contribution >= 4 is 23.3 Å². The Morgan fingerprint density at radius 2 is 1.91 bits per heavy atom. The molecule has 116 valence electrons. The van der Waals surface area contributed by atoms with E-state index in [1.807, 2.05) is 17.0 Å². The van der Waals surface area contributed by atoms with Crippen LogP contribution < -0.4 is 4.90 Å². The Morgan fingerprint density at radius 1 is 1.23 bits per heavy atom. The molecule has 0 radical (unpaired) electrons. The molecule has 0 aromatic carbocycles. The van der Waals surface area contributed by atoms with Crippen molar-refractivity contribution in [3.63, 3.8) is 0 Å². The molecule has 3 rings (SSSR count). The first-order valence-corrected chi connectivity index (χ1v) is 8.10. The summed E-state index contributed by atoms with van der Waals surface area (Å²) in [5.41, 5.74) is -0.763. The number of amides is 1. The van der Waals surface area contributed by atoms with Crippen LogP contribution in [-0.4, -0.2) is 42.0 Å². The zero-order valence-corrected chi connectivity index (χ0v) is 13.2. The zero-order valence-electron chi connectivity index (χ0n) is 12.5. The van der Waals surface area contributed by atoms with Gasteiger partial charge < -0.3 is 9.80 Å². The van der Waals surface area contributed by atoms with Gasteiger partial charge in [-0.05, 0) is 25.0 Å². The number of piperazine rings is 1. The molecule has 22 heavy (non-hydrogen) atoms. The first kappa shape index (κ1) is 15.1. The fraction of sp³-hybridized carbons (Fsp3) is 0.562. The van der Waals surface area contributed by atoms with Gasteiger partial charge in [-0.15, -0.1) is 0 Å². The van der Waals surface area contributed by atoms with Gasteiger partial charge in [0, 0.05) is 32.4 Å². The van der Waals surface area contributed by atoms with Gasteiger partial charge in [0.2, 0.25) is 5.91 Å². The summed E-state index contributed by atoms with van der Waals surface area (Å²) in [6, 6.07) is 6.01. The van der Waals surface area contributed by atoms with Gasteiger partial charge in [0.05, 0.1) is 11.1 Å². The molecular formula is C16H19ClN4O. The Morgan fingerprint density at radius 3 is 2.45 bits per heavy atom. The number of anilines is 1. The number of halogens is 1. The number of hydrogen-bond acceptors (Lipinski definition) is 4. The lowest BCUT2D eigenvalue weighted by Crippen LogP contribution is -2.52. The van der Waals surface area contributed by atoms with Crippen LogP contribution in [0.3, 0.4) is 0 Å². The number of nitrogens with zero attached hydrogens (tertiary/aromatic N) is 4. The van der Waals surface area contributed by atoms with Crippen LogP contribution in [0.2, 0.25) is 5.02 Å². The topological polar surface area (TPSA) is 60.2 Å². The molecule has 1 aromatic rings. The summed E-state index contributed by atoms with van der Waals surface area (Å²) < 4.78 is 0. The number of aromatic nitrogens is 1. The van der Waals surface area contributed by atoms with Crippen LogP contribution in [0.4, 0.5) is 5.82 Å². The molecule has 2 aliphatic rings.